The van der Waals surface area contributed by atoms with E-state index in [1.54, 1.807) is 19.2 Å². The molecular formula is C11H12ClNO2. The third kappa shape index (κ3) is 2.90. The Morgan fingerprint density at radius 3 is 2.53 bits per heavy atom. The maximum Gasteiger partial charge on any atom is 0.235 e. The van der Waals surface area contributed by atoms with E-state index in [1.165, 1.54) is 6.08 Å². The van der Waals surface area contributed by atoms with Crippen molar-refractivity contribution in [1.82, 2.24) is 0 Å². The van der Waals surface area contributed by atoms with Crippen molar-refractivity contribution in [3.8, 4) is 0 Å². The van der Waals surface area contributed by atoms with Crippen molar-refractivity contribution in [2.45, 2.75) is 12.5 Å². The van der Waals surface area contributed by atoms with Crippen molar-refractivity contribution >= 4 is 17.7 Å². The fourth-order valence-electron chi connectivity index (χ4n) is 1.26. The topological polar surface area (TPSA) is 38.7 Å². The number of ether oxygens (including phenoxy) is 1. The molecule has 0 saturated carbocycles. The molecule has 4 heteroatoms. The number of halogens is 1. The van der Waals surface area contributed by atoms with Gasteiger partial charge in [0.25, 0.3) is 0 Å². The molecule has 0 aliphatic rings. The SMILES string of the molecule is COC(C)(CN=C=O)c1ccc(Cl)cc1. The molecule has 0 radical (unpaired) electrons. The molecule has 0 heterocycles. The Hall–Kier alpha value is -1.15. The number of nitrogens with zero attached hydrogens (tertiary/aromatic N) is 1. The smallest absolute Gasteiger partial charge is 0.235 e. The summed E-state index contributed by atoms with van der Waals surface area (Å²) in [4.78, 5) is 13.6. The summed E-state index contributed by atoms with van der Waals surface area (Å²) in [5.41, 5.74) is 0.315. The zero-order valence-corrected chi connectivity index (χ0v) is 9.41. The van der Waals surface area contributed by atoms with Crippen LogP contribution < -0.4 is 0 Å². The van der Waals surface area contributed by atoms with Crippen molar-refractivity contribution < 1.29 is 9.53 Å². The van der Waals surface area contributed by atoms with Crippen LogP contribution in [0.25, 0.3) is 0 Å². The van der Waals surface area contributed by atoms with Gasteiger partial charge in [-0.3, -0.25) is 0 Å². The number of methoxy groups -OCH3 is 1. The highest BCUT2D eigenvalue weighted by Crippen LogP contribution is 2.26. The monoisotopic (exact) mass is 225 g/mol. The minimum atomic E-state index is -0.609. The Morgan fingerprint density at radius 1 is 1.47 bits per heavy atom. The van der Waals surface area contributed by atoms with Gasteiger partial charge in [-0.2, -0.15) is 0 Å². The highest BCUT2D eigenvalue weighted by atomic mass is 35.5. The van der Waals surface area contributed by atoms with E-state index < -0.39 is 5.60 Å². The zero-order chi connectivity index (χ0) is 11.3. The van der Waals surface area contributed by atoms with Crippen LogP contribution in [0.5, 0.6) is 0 Å². The number of benzene rings is 1. The predicted octanol–water partition coefficient (Wildman–Crippen LogP) is 2.54. The van der Waals surface area contributed by atoms with Crippen LogP contribution in [0.2, 0.25) is 5.02 Å². The fraction of sp³-hybridized carbons (Fsp3) is 0.364. The average Bonchev–Trinajstić information content (AvgIpc) is 2.27. The maximum atomic E-state index is 10.1. The molecule has 0 aromatic heterocycles. The van der Waals surface area contributed by atoms with Gasteiger partial charge < -0.3 is 4.74 Å². The lowest BCUT2D eigenvalue weighted by Gasteiger charge is -2.26. The summed E-state index contributed by atoms with van der Waals surface area (Å²) in [5.74, 6) is 0. The first-order valence-corrected chi connectivity index (χ1v) is 4.85. The summed E-state index contributed by atoms with van der Waals surface area (Å²) >= 11 is 5.78. The maximum absolute atomic E-state index is 10.1. The van der Waals surface area contributed by atoms with E-state index in [9.17, 15) is 4.79 Å². The molecule has 80 valence electrons. The number of hydrogen-bond donors (Lipinski definition) is 0. The van der Waals surface area contributed by atoms with Crippen LogP contribution in [-0.2, 0) is 15.1 Å². The first-order valence-electron chi connectivity index (χ1n) is 4.47. The molecule has 0 bridgehead atoms. The Balaban J connectivity index is 2.99. The molecule has 3 nitrogen and oxygen atoms in total. The summed E-state index contributed by atoms with van der Waals surface area (Å²) in [6, 6.07) is 7.26. The lowest BCUT2D eigenvalue weighted by molar-refractivity contribution is 0.0106. The second-order valence-electron chi connectivity index (χ2n) is 3.35. The van der Waals surface area contributed by atoms with Gasteiger partial charge in [0.15, 0.2) is 0 Å². The van der Waals surface area contributed by atoms with E-state index in [1.807, 2.05) is 19.1 Å². The fourth-order valence-corrected chi connectivity index (χ4v) is 1.39. The molecule has 1 aromatic rings. The molecule has 15 heavy (non-hydrogen) atoms. The Labute approximate surface area is 93.7 Å². The van der Waals surface area contributed by atoms with Crippen LogP contribution in [0.15, 0.2) is 29.3 Å². The number of hydrogen-bond acceptors (Lipinski definition) is 3. The van der Waals surface area contributed by atoms with Crippen molar-refractivity contribution in [3.63, 3.8) is 0 Å². The van der Waals surface area contributed by atoms with Crippen LogP contribution in [-0.4, -0.2) is 19.7 Å². The molecule has 0 spiro atoms. The standard InChI is InChI=1S/C11H12ClNO2/c1-11(15-2,7-13-8-14)9-3-5-10(12)6-4-9/h3-6H,7H2,1-2H3. The Kier molecular flexibility index (Phi) is 4.04. The minimum Gasteiger partial charge on any atom is -0.372 e. The summed E-state index contributed by atoms with van der Waals surface area (Å²) in [6.07, 6.45) is 1.51. The van der Waals surface area contributed by atoms with E-state index in [0.717, 1.165) is 5.56 Å². The highest BCUT2D eigenvalue weighted by Gasteiger charge is 2.25. The summed E-state index contributed by atoms with van der Waals surface area (Å²) in [7, 11) is 1.58. The number of aliphatic imine (C=N–C) groups is 1. The van der Waals surface area contributed by atoms with Gasteiger partial charge in [0.05, 0.1) is 6.54 Å². The molecule has 1 atom stereocenters. The van der Waals surface area contributed by atoms with Crippen molar-refractivity contribution in [2.75, 3.05) is 13.7 Å². The van der Waals surface area contributed by atoms with Crippen molar-refractivity contribution in [1.29, 1.82) is 0 Å². The van der Waals surface area contributed by atoms with E-state index in [0.29, 0.717) is 5.02 Å². The van der Waals surface area contributed by atoms with Crippen molar-refractivity contribution in [3.05, 3.63) is 34.9 Å². The van der Waals surface area contributed by atoms with Gasteiger partial charge in [-0.05, 0) is 24.6 Å². The molecule has 0 saturated heterocycles. The minimum absolute atomic E-state index is 0.245. The number of rotatable bonds is 4. The summed E-state index contributed by atoms with van der Waals surface area (Å²) in [5, 5.41) is 0.663. The van der Waals surface area contributed by atoms with Gasteiger partial charge in [0.1, 0.15) is 5.60 Å². The Morgan fingerprint density at radius 2 is 2.07 bits per heavy atom. The second-order valence-corrected chi connectivity index (χ2v) is 3.79. The quantitative estimate of drug-likeness (QED) is 0.584. The van der Waals surface area contributed by atoms with Gasteiger partial charge in [0, 0.05) is 12.1 Å². The molecule has 0 fully saturated rings. The van der Waals surface area contributed by atoms with Crippen LogP contribution >= 0.6 is 11.6 Å². The van der Waals surface area contributed by atoms with Crippen LogP contribution in [0.1, 0.15) is 12.5 Å². The first kappa shape index (κ1) is 11.9. The molecule has 1 rings (SSSR count). The molecule has 1 aromatic carbocycles. The lowest BCUT2D eigenvalue weighted by atomic mass is 9.96. The zero-order valence-electron chi connectivity index (χ0n) is 8.66. The molecule has 0 amide bonds. The summed E-state index contributed by atoms with van der Waals surface area (Å²) in [6.45, 7) is 2.10. The largest absolute Gasteiger partial charge is 0.372 e. The van der Waals surface area contributed by atoms with Gasteiger partial charge in [-0.25, -0.2) is 9.79 Å². The van der Waals surface area contributed by atoms with Gasteiger partial charge in [-0.1, -0.05) is 23.7 Å². The van der Waals surface area contributed by atoms with Crippen molar-refractivity contribution in [2.24, 2.45) is 4.99 Å². The van der Waals surface area contributed by atoms with Crippen LogP contribution in [0.3, 0.4) is 0 Å². The number of carbonyl (C=O) groups excluding carboxylic acids is 1. The second kappa shape index (κ2) is 5.08. The molecular weight excluding hydrogens is 214 g/mol. The van der Waals surface area contributed by atoms with E-state index in [4.69, 9.17) is 16.3 Å². The van der Waals surface area contributed by atoms with Crippen LogP contribution in [0, 0.1) is 0 Å². The molecule has 0 N–H and O–H groups in total. The van der Waals surface area contributed by atoms with E-state index >= 15 is 0 Å². The van der Waals surface area contributed by atoms with Gasteiger partial charge >= 0.3 is 0 Å². The normalized spacial score (nSPS) is 14.1. The van der Waals surface area contributed by atoms with E-state index in [2.05, 4.69) is 4.99 Å². The average molecular weight is 226 g/mol. The van der Waals surface area contributed by atoms with E-state index in [-0.39, 0.29) is 6.54 Å². The highest BCUT2D eigenvalue weighted by molar-refractivity contribution is 6.30. The van der Waals surface area contributed by atoms with Gasteiger partial charge in [0.2, 0.25) is 6.08 Å². The molecule has 1 unspecified atom stereocenters. The predicted molar refractivity (Wildman–Crippen MR) is 58.8 cm³/mol. The first-order chi connectivity index (χ1) is 7.12. The van der Waals surface area contributed by atoms with Crippen LogP contribution in [0.4, 0.5) is 0 Å². The lowest BCUT2D eigenvalue weighted by Crippen LogP contribution is -2.27. The molecule has 0 aliphatic heterocycles. The number of isocyanates is 1. The molecule has 0 aliphatic carbocycles. The van der Waals surface area contributed by atoms with Gasteiger partial charge in [-0.15, -0.1) is 0 Å². The third-order valence-corrected chi connectivity index (χ3v) is 2.60. The Bertz CT molecular complexity index is 371. The summed E-state index contributed by atoms with van der Waals surface area (Å²) < 4.78 is 5.35. The third-order valence-electron chi connectivity index (χ3n) is 2.35.